The van der Waals surface area contributed by atoms with E-state index < -0.39 is 0 Å². The number of halogens is 1. The standard InChI is InChI=1S/C17H24FNO/c1-2-3-4-5-6-7-8-9-12-20-17-13-16(18)11-10-15(17)14-19/h10-11,13H,2-9,12H2,1H3. The summed E-state index contributed by atoms with van der Waals surface area (Å²) in [6.07, 6.45) is 9.85. The Hall–Kier alpha value is -1.56. The van der Waals surface area contributed by atoms with Crippen molar-refractivity contribution in [1.82, 2.24) is 0 Å². The summed E-state index contributed by atoms with van der Waals surface area (Å²) in [5.41, 5.74) is 0.394. The van der Waals surface area contributed by atoms with E-state index in [0.717, 1.165) is 12.8 Å². The van der Waals surface area contributed by atoms with Gasteiger partial charge in [-0.25, -0.2) is 4.39 Å². The second-order valence-electron chi connectivity index (χ2n) is 5.08. The predicted molar refractivity (Wildman–Crippen MR) is 79.2 cm³/mol. The number of hydrogen-bond donors (Lipinski definition) is 0. The molecule has 0 aromatic heterocycles. The van der Waals surface area contributed by atoms with Crippen LogP contribution in [0, 0.1) is 17.1 Å². The van der Waals surface area contributed by atoms with E-state index in [1.165, 1.54) is 56.7 Å². The highest BCUT2D eigenvalue weighted by molar-refractivity contribution is 5.42. The molecule has 0 aliphatic heterocycles. The molecule has 1 rings (SSSR count). The van der Waals surface area contributed by atoms with Crippen LogP contribution < -0.4 is 4.74 Å². The fourth-order valence-electron chi connectivity index (χ4n) is 2.13. The Bertz CT molecular complexity index is 425. The summed E-state index contributed by atoms with van der Waals surface area (Å²) >= 11 is 0. The highest BCUT2D eigenvalue weighted by atomic mass is 19.1. The third kappa shape index (κ3) is 6.56. The Morgan fingerprint density at radius 2 is 1.70 bits per heavy atom. The first kappa shape index (κ1) is 16.5. The van der Waals surface area contributed by atoms with Gasteiger partial charge in [0.1, 0.15) is 17.6 Å². The van der Waals surface area contributed by atoms with Crippen LogP contribution in [0.15, 0.2) is 18.2 Å². The molecule has 0 saturated heterocycles. The van der Waals surface area contributed by atoms with Gasteiger partial charge in [-0.2, -0.15) is 5.26 Å². The molecule has 20 heavy (non-hydrogen) atoms. The van der Waals surface area contributed by atoms with Gasteiger partial charge in [-0.15, -0.1) is 0 Å². The molecule has 1 aromatic carbocycles. The second kappa shape index (κ2) is 10.3. The van der Waals surface area contributed by atoms with E-state index in [1.54, 1.807) is 0 Å². The molecular weight excluding hydrogens is 253 g/mol. The van der Waals surface area contributed by atoms with Crippen LogP contribution in [0.2, 0.25) is 0 Å². The quantitative estimate of drug-likeness (QED) is 0.549. The van der Waals surface area contributed by atoms with E-state index in [1.807, 2.05) is 6.07 Å². The Morgan fingerprint density at radius 1 is 1.05 bits per heavy atom. The molecule has 0 atom stereocenters. The molecule has 0 bridgehead atoms. The Labute approximate surface area is 121 Å². The molecule has 0 radical (unpaired) electrons. The normalized spacial score (nSPS) is 10.2. The number of rotatable bonds is 10. The van der Waals surface area contributed by atoms with Crippen LogP contribution in [0.4, 0.5) is 4.39 Å². The van der Waals surface area contributed by atoms with Crippen molar-refractivity contribution in [3.05, 3.63) is 29.6 Å². The first-order valence-corrected chi connectivity index (χ1v) is 7.60. The maximum atomic E-state index is 13.1. The van der Waals surface area contributed by atoms with Gasteiger partial charge in [0, 0.05) is 6.07 Å². The van der Waals surface area contributed by atoms with E-state index in [-0.39, 0.29) is 5.82 Å². The molecule has 0 spiro atoms. The lowest BCUT2D eigenvalue weighted by Crippen LogP contribution is -1.99. The SMILES string of the molecule is CCCCCCCCCCOc1cc(F)ccc1C#N. The van der Waals surface area contributed by atoms with Crippen molar-refractivity contribution in [2.24, 2.45) is 0 Å². The number of hydrogen-bond acceptors (Lipinski definition) is 2. The second-order valence-corrected chi connectivity index (χ2v) is 5.08. The fourth-order valence-corrected chi connectivity index (χ4v) is 2.13. The van der Waals surface area contributed by atoms with Gasteiger partial charge in [0.05, 0.1) is 12.2 Å². The maximum Gasteiger partial charge on any atom is 0.139 e. The average molecular weight is 277 g/mol. The Balaban J connectivity index is 2.12. The number of nitrogens with zero attached hydrogens (tertiary/aromatic N) is 1. The van der Waals surface area contributed by atoms with Crippen molar-refractivity contribution < 1.29 is 9.13 Å². The minimum absolute atomic E-state index is 0.357. The van der Waals surface area contributed by atoms with E-state index in [0.29, 0.717) is 17.9 Å². The highest BCUT2D eigenvalue weighted by Gasteiger charge is 2.04. The lowest BCUT2D eigenvalue weighted by atomic mass is 10.1. The topological polar surface area (TPSA) is 33.0 Å². The maximum absolute atomic E-state index is 13.1. The Kier molecular flexibility index (Phi) is 8.46. The van der Waals surface area contributed by atoms with Gasteiger partial charge in [-0.1, -0.05) is 51.9 Å². The van der Waals surface area contributed by atoms with E-state index in [4.69, 9.17) is 10.00 Å². The van der Waals surface area contributed by atoms with Crippen LogP contribution in [0.25, 0.3) is 0 Å². The zero-order valence-electron chi connectivity index (χ0n) is 12.3. The monoisotopic (exact) mass is 277 g/mol. The summed E-state index contributed by atoms with van der Waals surface area (Å²) in [6, 6.07) is 6.03. The number of nitriles is 1. The molecule has 0 aliphatic carbocycles. The summed E-state index contributed by atoms with van der Waals surface area (Å²) in [6.45, 7) is 2.77. The minimum Gasteiger partial charge on any atom is -0.492 e. The van der Waals surface area contributed by atoms with Crippen molar-refractivity contribution in [2.45, 2.75) is 58.3 Å². The molecule has 0 amide bonds. The average Bonchev–Trinajstić information content (AvgIpc) is 2.46. The zero-order chi connectivity index (χ0) is 14.6. The molecule has 3 heteroatoms. The molecule has 0 unspecified atom stereocenters. The van der Waals surface area contributed by atoms with E-state index >= 15 is 0 Å². The molecule has 110 valence electrons. The van der Waals surface area contributed by atoms with Crippen LogP contribution >= 0.6 is 0 Å². The van der Waals surface area contributed by atoms with Crippen LogP contribution in [-0.2, 0) is 0 Å². The highest BCUT2D eigenvalue weighted by Crippen LogP contribution is 2.19. The predicted octanol–water partition coefficient (Wildman–Crippen LogP) is 5.22. The summed E-state index contributed by atoms with van der Waals surface area (Å²) in [5.74, 6) is -0.00892. The van der Waals surface area contributed by atoms with Crippen molar-refractivity contribution in [3.8, 4) is 11.8 Å². The number of benzene rings is 1. The lowest BCUT2D eigenvalue weighted by Gasteiger charge is -2.07. The third-order valence-corrected chi connectivity index (χ3v) is 3.32. The largest absolute Gasteiger partial charge is 0.492 e. The molecule has 0 N–H and O–H groups in total. The van der Waals surface area contributed by atoms with Crippen LogP contribution in [-0.4, -0.2) is 6.61 Å². The van der Waals surface area contributed by atoms with Gasteiger partial charge in [0.2, 0.25) is 0 Å². The summed E-state index contributed by atoms with van der Waals surface area (Å²) in [4.78, 5) is 0. The number of unbranched alkanes of at least 4 members (excludes halogenated alkanes) is 7. The van der Waals surface area contributed by atoms with Crippen molar-refractivity contribution in [2.75, 3.05) is 6.61 Å². The van der Waals surface area contributed by atoms with Gasteiger partial charge >= 0.3 is 0 Å². The van der Waals surface area contributed by atoms with Gasteiger partial charge in [0.25, 0.3) is 0 Å². The summed E-state index contributed by atoms with van der Waals surface area (Å²) < 4.78 is 18.6. The summed E-state index contributed by atoms with van der Waals surface area (Å²) in [5, 5.41) is 8.90. The number of ether oxygens (including phenoxy) is 1. The molecule has 0 fully saturated rings. The molecule has 0 heterocycles. The molecule has 0 saturated carbocycles. The minimum atomic E-state index is -0.366. The molecule has 1 aromatic rings. The van der Waals surface area contributed by atoms with E-state index in [2.05, 4.69) is 6.92 Å². The van der Waals surface area contributed by atoms with Crippen molar-refractivity contribution in [3.63, 3.8) is 0 Å². The summed E-state index contributed by atoms with van der Waals surface area (Å²) in [7, 11) is 0. The van der Waals surface area contributed by atoms with Crippen LogP contribution in [0.5, 0.6) is 5.75 Å². The molecule has 2 nitrogen and oxygen atoms in total. The van der Waals surface area contributed by atoms with Gasteiger partial charge < -0.3 is 4.74 Å². The first-order chi connectivity index (χ1) is 9.77. The van der Waals surface area contributed by atoms with E-state index in [9.17, 15) is 4.39 Å². The van der Waals surface area contributed by atoms with Gasteiger partial charge in [-0.3, -0.25) is 0 Å². The fraction of sp³-hybridized carbons (Fsp3) is 0.588. The first-order valence-electron chi connectivity index (χ1n) is 7.60. The zero-order valence-corrected chi connectivity index (χ0v) is 12.3. The van der Waals surface area contributed by atoms with Crippen molar-refractivity contribution >= 4 is 0 Å². The van der Waals surface area contributed by atoms with Crippen LogP contribution in [0.1, 0.15) is 63.9 Å². The molecular formula is C17H24FNO. The lowest BCUT2D eigenvalue weighted by molar-refractivity contribution is 0.302. The van der Waals surface area contributed by atoms with Gasteiger partial charge in [-0.05, 0) is 18.6 Å². The smallest absolute Gasteiger partial charge is 0.139 e. The Morgan fingerprint density at radius 3 is 2.35 bits per heavy atom. The van der Waals surface area contributed by atoms with Crippen molar-refractivity contribution in [1.29, 1.82) is 5.26 Å². The van der Waals surface area contributed by atoms with Crippen LogP contribution in [0.3, 0.4) is 0 Å². The molecule has 0 aliphatic rings. The van der Waals surface area contributed by atoms with Gasteiger partial charge in [0.15, 0.2) is 0 Å². The third-order valence-electron chi connectivity index (χ3n) is 3.32.